The van der Waals surface area contributed by atoms with Crippen LogP contribution in [0.4, 0.5) is 0 Å². The molecular weight excluding hydrogens is 394 g/mol. The molecule has 0 bridgehead atoms. The maximum absolute atomic E-state index is 12.8. The first-order chi connectivity index (χ1) is 14.9. The second-order valence-electron chi connectivity index (χ2n) is 7.05. The fourth-order valence-corrected chi connectivity index (χ4v) is 3.58. The number of imide groups is 1. The van der Waals surface area contributed by atoms with Gasteiger partial charge in [-0.3, -0.25) is 14.5 Å². The monoisotopic (exact) mass is 411 g/mol. The van der Waals surface area contributed by atoms with E-state index in [1.54, 1.807) is 32.0 Å². The number of nitriles is 2. The zero-order valence-electron chi connectivity index (χ0n) is 17.1. The van der Waals surface area contributed by atoms with Gasteiger partial charge in [0.05, 0.1) is 11.6 Å². The molecule has 4 rings (SSSR count). The quantitative estimate of drug-likeness (QED) is 0.482. The molecule has 1 aromatic carbocycles. The Hall–Kier alpha value is -4.43. The SMILES string of the molecule is CCN1C(=O)C(C#N)=C(C)/C(=C/c2cc3c(nc(-c4ccc(C#N)cc4)n3C)o2)C1=O. The summed E-state index contributed by atoms with van der Waals surface area (Å²) in [5.74, 6) is 0.0281. The first-order valence-corrected chi connectivity index (χ1v) is 9.55. The van der Waals surface area contributed by atoms with Crippen LogP contribution in [-0.4, -0.2) is 32.8 Å². The van der Waals surface area contributed by atoms with E-state index in [2.05, 4.69) is 11.1 Å². The summed E-state index contributed by atoms with van der Waals surface area (Å²) < 4.78 is 7.70. The summed E-state index contributed by atoms with van der Waals surface area (Å²) in [4.78, 5) is 30.6. The summed E-state index contributed by atoms with van der Waals surface area (Å²) in [6.07, 6.45) is 1.53. The number of aryl methyl sites for hydroxylation is 1. The lowest BCUT2D eigenvalue weighted by Crippen LogP contribution is -2.42. The average molecular weight is 411 g/mol. The van der Waals surface area contributed by atoms with Gasteiger partial charge in [-0.25, -0.2) is 0 Å². The fraction of sp³-hybridized carbons (Fsp3) is 0.174. The minimum atomic E-state index is -0.581. The van der Waals surface area contributed by atoms with Gasteiger partial charge in [0.2, 0.25) is 5.71 Å². The Balaban J connectivity index is 1.77. The molecule has 8 heteroatoms. The van der Waals surface area contributed by atoms with Crippen LogP contribution in [0.2, 0.25) is 0 Å². The Morgan fingerprint density at radius 1 is 1.13 bits per heavy atom. The average Bonchev–Trinajstić information content (AvgIpc) is 3.30. The Morgan fingerprint density at radius 2 is 1.84 bits per heavy atom. The van der Waals surface area contributed by atoms with Crippen molar-refractivity contribution in [2.45, 2.75) is 13.8 Å². The van der Waals surface area contributed by atoms with E-state index in [9.17, 15) is 14.9 Å². The first kappa shape index (κ1) is 19.9. The number of imidazole rings is 1. The van der Waals surface area contributed by atoms with Crippen LogP contribution in [-0.2, 0) is 16.6 Å². The molecule has 0 saturated heterocycles. The third-order valence-electron chi connectivity index (χ3n) is 5.30. The Morgan fingerprint density at radius 3 is 2.42 bits per heavy atom. The number of furan rings is 1. The van der Waals surface area contributed by atoms with Crippen LogP contribution in [0.15, 0.2) is 51.5 Å². The minimum Gasteiger partial charge on any atom is -0.437 e. The lowest BCUT2D eigenvalue weighted by atomic mass is 9.95. The molecule has 0 fully saturated rings. The number of fused-ring (bicyclic) bond motifs is 1. The number of hydrogen-bond acceptors (Lipinski definition) is 6. The van der Waals surface area contributed by atoms with Gasteiger partial charge in [0.15, 0.2) is 0 Å². The van der Waals surface area contributed by atoms with Gasteiger partial charge in [0, 0.05) is 30.8 Å². The van der Waals surface area contributed by atoms with E-state index in [1.165, 1.54) is 6.08 Å². The minimum absolute atomic E-state index is 0.0509. The molecule has 3 heterocycles. The van der Waals surface area contributed by atoms with Crippen LogP contribution in [0, 0.1) is 22.7 Å². The standard InChI is InChI=1S/C23H17N5O3/c1-4-28-22(29)17(13(2)18(12-25)23(28)30)9-16-10-19-21(31-16)26-20(27(19)3)15-7-5-14(11-24)6-8-15/h5-10H,4H2,1-3H3/b17-9-. The lowest BCUT2D eigenvalue weighted by Gasteiger charge is -2.25. The number of aromatic nitrogens is 2. The van der Waals surface area contributed by atoms with Crippen molar-refractivity contribution < 1.29 is 14.0 Å². The third kappa shape index (κ3) is 3.11. The van der Waals surface area contributed by atoms with Gasteiger partial charge < -0.3 is 8.98 Å². The third-order valence-corrected chi connectivity index (χ3v) is 5.30. The second kappa shape index (κ2) is 7.43. The van der Waals surface area contributed by atoms with Gasteiger partial charge in [-0.05, 0) is 49.8 Å². The molecule has 8 nitrogen and oxygen atoms in total. The molecule has 0 spiro atoms. The summed E-state index contributed by atoms with van der Waals surface area (Å²) >= 11 is 0. The number of likely N-dealkylation sites (N-methyl/N-ethyl adjacent to an activating group) is 1. The van der Waals surface area contributed by atoms with E-state index in [1.807, 2.05) is 29.8 Å². The van der Waals surface area contributed by atoms with Crippen molar-refractivity contribution in [1.29, 1.82) is 10.5 Å². The van der Waals surface area contributed by atoms with Gasteiger partial charge in [0.1, 0.15) is 28.7 Å². The van der Waals surface area contributed by atoms with Gasteiger partial charge in [-0.15, -0.1) is 0 Å². The number of amides is 2. The molecule has 1 aliphatic rings. The van der Waals surface area contributed by atoms with Crippen molar-refractivity contribution in [2.24, 2.45) is 7.05 Å². The van der Waals surface area contributed by atoms with Crippen molar-refractivity contribution in [3.8, 4) is 23.5 Å². The van der Waals surface area contributed by atoms with E-state index < -0.39 is 11.8 Å². The van der Waals surface area contributed by atoms with E-state index in [-0.39, 0.29) is 17.7 Å². The van der Waals surface area contributed by atoms with Gasteiger partial charge >= 0.3 is 0 Å². The Kier molecular flexibility index (Phi) is 4.76. The highest BCUT2D eigenvalue weighted by Gasteiger charge is 2.34. The summed E-state index contributed by atoms with van der Waals surface area (Å²) in [6.45, 7) is 3.43. The van der Waals surface area contributed by atoms with Crippen LogP contribution in [0.25, 0.3) is 28.7 Å². The van der Waals surface area contributed by atoms with Crippen LogP contribution < -0.4 is 0 Å². The number of carbonyl (C=O) groups excluding carboxylic acids is 2. The summed E-state index contributed by atoms with van der Waals surface area (Å²) in [5, 5.41) is 18.3. The lowest BCUT2D eigenvalue weighted by molar-refractivity contribution is -0.140. The number of carbonyl (C=O) groups is 2. The van der Waals surface area contributed by atoms with E-state index in [0.717, 1.165) is 16.0 Å². The maximum atomic E-state index is 12.8. The van der Waals surface area contributed by atoms with Crippen LogP contribution in [0.5, 0.6) is 0 Å². The molecule has 0 unspecified atom stereocenters. The van der Waals surface area contributed by atoms with Crippen molar-refractivity contribution in [3.63, 3.8) is 0 Å². The molecule has 1 aliphatic heterocycles. The van der Waals surface area contributed by atoms with Crippen molar-refractivity contribution in [3.05, 3.63) is 58.4 Å². The molecule has 152 valence electrons. The molecule has 0 aliphatic carbocycles. The summed E-state index contributed by atoms with van der Waals surface area (Å²) in [7, 11) is 1.84. The topological polar surface area (TPSA) is 116 Å². The number of rotatable bonds is 3. The van der Waals surface area contributed by atoms with Crippen molar-refractivity contribution in [1.82, 2.24) is 14.5 Å². The summed E-state index contributed by atoms with van der Waals surface area (Å²) in [5.41, 5.74) is 3.03. The zero-order valence-corrected chi connectivity index (χ0v) is 17.1. The summed E-state index contributed by atoms with van der Waals surface area (Å²) in [6, 6.07) is 12.8. The molecule has 0 atom stereocenters. The molecule has 3 aromatic rings. The predicted octanol–water partition coefficient (Wildman–Crippen LogP) is 3.32. The normalized spacial score (nSPS) is 15.6. The van der Waals surface area contributed by atoms with Crippen LogP contribution in [0.3, 0.4) is 0 Å². The number of benzene rings is 1. The Bertz CT molecular complexity index is 1390. The fourth-order valence-electron chi connectivity index (χ4n) is 3.58. The van der Waals surface area contributed by atoms with Crippen LogP contribution in [0.1, 0.15) is 25.2 Å². The van der Waals surface area contributed by atoms with Gasteiger partial charge in [0.25, 0.3) is 11.8 Å². The zero-order chi connectivity index (χ0) is 22.3. The maximum Gasteiger partial charge on any atom is 0.271 e. The highest BCUT2D eigenvalue weighted by molar-refractivity contribution is 6.19. The molecule has 2 amide bonds. The molecule has 0 N–H and O–H groups in total. The van der Waals surface area contributed by atoms with E-state index in [4.69, 9.17) is 9.68 Å². The van der Waals surface area contributed by atoms with Crippen molar-refractivity contribution in [2.75, 3.05) is 6.54 Å². The van der Waals surface area contributed by atoms with Gasteiger partial charge in [-0.1, -0.05) is 0 Å². The van der Waals surface area contributed by atoms with Crippen molar-refractivity contribution >= 4 is 29.1 Å². The second-order valence-corrected chi connectivity index (χ2v) is 7.05. The highest BCUT2D eigenvalue weighted by Crippen LogP contribution is 2.30. The smallest absolute Gasteiger partial charge is 0.271 e. The molecule has 0 saturated carbocycles. The largest absolute Gasteiger partial charge is 0.437 e. The molecule has 31 heavy (non-hydrogen) atoms. The van der Waals surface area contributed by atoms with E-state index >= 15 is 0 Å². The molecular formula is C23H17N5O3. The Labute approximate surface area is 177 Å². The molecule has 2 aromatic heterocycles. The number of hydrogen-bond donors (Lipinski definition) is 0. The molecule has 0 radical (unpaired) electrons. The predicted molar refractivity (Wildman–Crippen MR) is 112 cm³/mol. The van der Waals surface area contributed by atoms with Crippen LogP contribution >= 0.6 is 0 Å². The van der Waals surface area contributed by atoms with E-state index in [0.29, 0.717) is 28.4 Å². The van der Waals surface area contributed by atoms with Gasteiger partial charge in [-0.2, -0.15) is 15.5 Å². The number of nitrogens with zero attached hydrogens (tertiary/aromatic N) is 5. The first-order valence-electron chi connectivity index (χ1n) is 9.55. The highest BCUT2D eigenvalue weighted by atomic mass is 16.3.